The number of halogens is 3. The predicted octanol–water partition coefficient (Wildman–Crippen LogP) is 6.37. The van der Waals surface area contributed by atoms with Gasteiger partial charge in [0.2, 0.25) is 5.78 Å². The maximum Gasteiger partial charge on any atom is 0.212 e. The molecule has 3 heterocycles. The van der Waals surface area contributed by atoms with Crippen LogP contribution in [0.15, 0.2) is 72.8 Å². The van der Waals surface area contributed by atoms with Crippen molar-refractivity contribution in [2.24, 2.45) is 0 Å². The quantitative estimate of drug-likeness (QED) is 0.254. The molecule has 0 spiro atoms. The van der Waals surface area contributed by atoms with Crippen LogP contribution in [0.1, 0.15) is 40.3 Å². The van der Waals surface area contributed by atoms with Crippen molar-refractivity contribution in [3.05, 3.63) is 113 Å². The van der Waals surface area contributed by atoms with Gasteiger partial charge in [-0.1, -0.05) is 18.2 Å². The SMILES string of the molecule is O=C(c1ccc(F)cc1)c1c(-c2ccc(F)cc2)c2c3n(c(COc4cccc(F)c4)nn13)CCCC2. The molecule has 0 amide bonds. The van der Waals surface area contributed by atoms with Crippen molar-refractivity contribution >= 4 is 11.4 Å². The lowest BCUT2D eigenvalue weighted by atomic mass is 9.95. The van der Waals surface area contributed by atoms with Gasteiger partial charge >= 0.3 is 0 Å². The Balaban J connectivity index is 1.54. The van der Waals surface area contributed by atoms with Crippen molar-refractivity contribution in [2.45, 2.75) is 32.4 Å². The van der Waals surface area contributed by atoms with E-state index in [9.17, 15) is 18.0 Å². The van der Waals surface area contributed by atoms with Crippen LogP contribution in [-0.4, -0.2) is 20.0 Å². The summed E-state index contributed by atoms with van der Waals surface area (Å²) in [6, 6.07) is 17.3. The van der Waals surface area contributed by atoms with Gasteiger partial charge in [-0.3, -0.25) is 4.79 Å². The fourth-order valence-electron chi connectivity index (χ4n) is 4.99. The van der Waals surface area contributed by atoms with Crippen LogP contribution in [0.4, 0.5) is 13.2 Å². The van der Waals surface area contributed by atoms with Crippen LogP contribution in [0.2, 0.25) is 0 Å². The molecule has 37 heavy (non-hydrogen) atoms. The van der Waals surface area contributed by atoms with E-state index in [0.29, 0.717) is 46.9 Å². The number of benzene rings is 3. The van der Waals surface area contributed by atoms with Gasteiger partial charge < -0.3 is 9.30 Å². The van der Waals surface area contributed by atoms with Crippen LogP contribution in [0.25, 0.3) is 16.8 Å². The second kappa shape index (κ2) is 9.28. The van der Waals surface area contributed by atoms with E-state index >= 15 is 0 Å². The van der Waals surface area contributed by atoms with E-state index in [2.05, 4.69) is 0 Å². The van der Waals surface area contributed by atoms with E-state index in [1.165, 1.54) is 48.5 Å². The smallest absolute Gasteiger partial charge is 0.212 e. The third-order valence-electron chi connectivity index (χ3n) is 6.68. The van der Waals surface area contributed by atoms with E-state index in [0.717, 1.165) is 24.1 Å². The Labute approximate surface area is 210 Å². The number of ketones is 1. The van der Waals surface area contributed by atoms with Gasteiger partial charge in [0.05, 0.1) is 0 Å². The number of nitrogens with zero attached hydrogens (tertiary/aromatic N) is 3. The molecule has 2 aromatic heterocycles. The Morgan fingerprint density at radius 2 is 1.62 bits per heavy atom. The Kier molecular flexibility index (Phi) is 5.79. The predicted molar refractivity (Wildman–Crippen MR) is 132 cm³/mol. The summed E-state index contributed by atoms with van der Waals surface area (Å²) >= 11 is 0. The van der Waals surface area contributed by atoms with Crippen LogP contribution in [-0.2, 0) is 19.6 Å². The van der Waals surface area contributed by atoms with Crippen molar-refractivity contribution in [1.29, 1.82) is 0 Å². The Hall–Kier alpha value is -4.33. The molecule has 1 aliphatic heterocycles. The maximum absolute atomic E-state index is 13.9. The van der Waals surface area contributed by atoms with Crippen LogP contribution >= 0.6 is 0 Å². The number of hydrogen-bond donors (Lipinski definition) is 0. The normalized spacial score (nSPS) is 13.1. The van der Waals surface area contributed by atoms with E-state index in [-0.39, 0.29) is 18.2 Å². The summed E-state index contributed by atoms with van der Waals surface area (Å²) in [7, 11) is 0. The number of rotatable bonds is 6. The van der Waals surface area contributed by atoms with E-state index in [1.807, 2.05) is 4.57 Å². The summed E-state index contributed by atoms with van der Waals surface area (Å²) in [5.74, 6) is -0.546. The first-order chi connectivity index (χ1) is 18.0. The zero-order valence-electron chi connectivity index (χ0n) is 19.8. The molecule has 0 fully saturated rings. The minimum Gasteiger partial charge on any atom is -0.486 e. The molecule has 8 heteroatoms. The molecular formula is C29H22F3N3O2. The van der Waals surface area contributed by atoms with Crippen molar-refractivity contribution in [2.75, 3.05) is 0 Å². The molecule has 0 bridgehead atoms. The number of aromatic nitrogens is 3. The standard InChI is InChI=1S/C29H22F3N3O2/c30-20-11-7-18(8-12-20)26-24-6-1-2-15-34-25(17-37-23-5-3-4-22(32)16-23)33-35(29(24)34)27(26)28(36)19-9-13-21(31)14-10-19/h3-5,7-14,16H,1-2,6,15,17H2. The first-order valence-corrected chi connectivity index (χ1v) is 12.1. The molecule has 5 aromatic rings. The Morgan fingerprint density at radius 1 is 0.892 bits per heavy atom. The molecule has 5 nitrogen and oxygen atoms in total. The van der Waals surface area contributed by atoms with Crippen molar-refractivity contribution in [3.63, 3.8) is 0 Å². The zero-order chi connectivity index (χ0) is 25.5. The lowest BCUT2D eigenvalue weighted by molar-refractivity contribution is 0.103. The van der Waals surface area contributed by atoms with E-state index < -0.39 is 11.6 Å². The maximum atomic E-state index is 13.9. The molecule has 0 radical (unpaired) electrons. The summed E-state index contributed by atoms with van der Waals surface area (Å²) in [5.41, 5.74) is 3.78. The minimum absolute atomic E-state index is 0.0840. The van der Waals surface area contributed by atoms with Gasteiger partial charge in [-0.25, -0.2) is 17.7 Å². The van der Waals surface area contributed by atoms with Crippen molar-refractivity contribution < 1.29 is 22.7 Å². The molecule has 0 unspecified atom stereocenters. The third kappa shape index (κ3) is 4.18. The highest BCUT2D eigenvalue weighted by molar-refractivity contribution is 6.13. The second-order valence-electron chi connectivity index (χ2n) is 9.05. The molecule has 0 aliphatic carbocycles. The fraction of sp³-hybridized carbons (Fsp3) is 0.172. The van der Waals surface area contributed by atoms with Gasteiger partial charge in [0.1, 0.15) is 41.1 Å². The summed E-state index contributed by atoms with van der Waals surface area (Å²) in [4.78, 5) is 13.9. The minimum atomic E-state index is -0.438. The van der Waals surface area contributed by atoms with Gasteiger partial charge in [0, 0.05) is 29.3 Å². The molecule has 0 atom stereocenters. The summed E-state index contributed by atoms with van der Waals surface area (Å²) in [6.07, 6.45) is 2.50. The molecule has 1 aliphatic rings. The van der Waals surface area contributed by atoms with Crippen LogP contribution < -0.4 is 4.74 Å². The van der Waals surface area contributed by atoms with Gasteiger partial charge in [-0.2, -0.15) is 0 Å². The first kappa shape index (κ1) is 23.1. The van der Waals surface area contributed by atoms with Crippen molar-refractivity contribution in [1.82, 2.24) is 14.2 Å². The average molecular weight is 502 g/mol. The highest BCUT2D eigenvalue weighted by atomic mass is 19.1. The summed E-state index contributed by atoms with van der Waals surface area (Å²) in [6.45, 7) is 0.760. The molecule has 6 rings (SSSR count). The molecule has 0 N–H and O–H groups in total. The molecule has 0 saturated heterocycles. The van der Waals surface area contributed by atoms with E-state index in [1.54, 1.807) is 28.8 Å². The third-order valence-corrected chi connectivity index (χ3v) is 6.68. The van der Waals surface area contributed by atoms with Gasteiger partial charge in [-0.05, 0) is 73.4 Å². The lowest BCUT2D eigenvalue weighted by Gasteiger charge is -2.09. The van der Waals surface area contributed by atoms with Gasteiger partial charge in [0.15, 0.2) is 5.82 Å². The van der Waals surface area contributed by atoms with Crippen molar-refractivity contribution in [3.8, 4) is 16.9 Å². The highest BCUT2D eigenvalue weighted by Crippen LogP contribution is 2.38. The van der Waals surface area contributed by atoms with E-state index in [4.69, 9.17) is 9.84 Å². The first-order valence-electron chi connectivity index (χ1n) is 12.1. The average Bonchev–Trinajstić information content (AvgIpc) is 3.30. The molecule has 3 aromatic carbocycles. The Bertz CT molecular complexity index is 1620. The van der Waals surface area contributed by atoms with Gasteiger partial charge in [0.25, 0.3) is 0 Å². The summed E-state index contributed by atoms with van der Waals surface area (Å²) < 4.78 is 50.5. The van der Waals surface area contributed by atoms with Crippen LogP contribution in [0.5, 0.6) is 5.75 Å². The lowest BCUT2D eigenvalue weighted by Crippen LogP contribution is -2.09. The fourth-order valence-corrected chi connectivity index (χ4v) is 4.99. The number of hydrogen-bond acceptors (Lipinski definition) is 3. The molecular weight excluding hydrogens is 479 g/mol. The summed E-state index contributed by atoms with van der Waals surface area (Å²) in [5, 5.41) is 4.78. The molecule has 0 saturated carbocycles. The van der Waals surface area contributed by atoms with Crippen LogP contribution in [0.3, 0.4) is 0 Å². The Morgan fingerprint density at radius 3 is 2.35 bits per heavy atom. The number of aryl methyl sites for hydroxylation is 2. The number of carbonyl (C=O) groups excluding carboxylic acids is 1. The highest BCUT2D eigenvalue weighted by Gasteiger charge is 2.31. The number of ether oxygens (including phenoxy) is 1. The number of carbonyl (C=O) groups is 1. The molecule has 186 valence electrons. The van der Waals surface area contributed by atoms with Gasteiger partial charge in [-0.15, -0.1) is 5.10 Å². The second-order valence-corrected chi connectivity index (χ2v) is 9.05. The van der Waals surface area contributed by atoms with Crippen LogP contribution in [0, 0.1) is 17.5 Å². The topological polar surface area (TPSA) is 48.5 Å². The zero-order valence-corrected chi connectivity index (χ0v) is 19.8. The monoisotopic (exact) mass is 501 g/mol. The largest absolute Gasteiger partial charge is 0.486 e.